The summed E-state index contributed by atoms with van der Waals surface area (Å²) in [5.74, 6) is 0.866. The Morgan fingerprint density at radius 2 is 1.55 bits per heavy atom. The molecule has 0 bridgehead atoms. The number of carbonyl (C=O) groups is 1. The monoisotopic (exact) mass is 757 g/mol. The summed E-state index contributed by atoms with van der Waals surface area (Å²) in [5, 5.41) is 14.3. The van der Waals surface area contributed by atoms with Gasteiger partial charge in [-0.2, -0.15) is 5.26 Å². The lowest BCUT2D eigenvalue weighted by Crippen LogP contribution is -2.68. The topological polar surface area (TPSA) is 74.4 Å². The van der Waals surface area contributed by atoms with E-state index in [9.17, 15) is 10.1 Å². The molecule has 1 saturated heterocycles. The van der Waals surface area contributed by atoms with Gasteiger partial charge in [0, 0.05) is 49.9 Å². The Kier molecular flexibility index (Phi) is 10.5. The van der Waals surface area contributed by atoms with E-state index in [2.05, 4.69) is 120 Å². The molecule has 0 atom stereocenters. The largest absolute Gasteiger partial charge is 0.534 e. The zero-order chi connectivity index (χ0) is 37.2. The number of amides is 1. The van der Waals surface area contributed by atoms with Crippen molar-refractivity contribution in [1.29, 1.82) is 5.26 Å². The number of hydrogen-bond donors (Lipinski definition) is 0. The van der Waals surface area contributed by atoms with Gasteiger partial charge >= 0.3 is 8.32 Å². The lowest BCUT2D eigenvalue weighted by Gasteiger charge is -2.43. The summed E-state index contributed by atoms with van der Waals surface area (Å²) in [6.07, 6.45) is 4.36. The first-order valence-electron chi connectivity index (χ1n) is 17.8. The maximum absolute atomic E-state index is 13.8. The molecule has 1 fully saturated rings. The molecule has 1 aromatic heterocycles. The molecule has 1 aliphatic rings. The minimum Gasteiger partial charge on any atom is -0.534 e. The Morgan fingerprint density at radius 3 is 2.17 bits per heavy atom. The predicted molar refractivity (Wildman–Crippen MR) is 217 cm³/mol. The van der Waals surface area contributed by atoms with Crippen LogP contribution in [0, 0.1) is 11.3 Å². The number of rotatable bonds is 10. The quantitative estimate of drug-likeness (QED) is 0.132. The molecule has 10 heteroatoms. The third-order valence-corrected chi connectivity index (χ3v) is 15.7. The minimum absolute atomic E-state index is 0.0671. The van der Waals surface area contributed by atoms with Crippen LogP contribution in [-0.4, -0.2) is 54.9 Å². The molecule has 0 unspecified atom stereocenters. The number of imidazole rings is 1. The number of nitrogens with zero attached hydrogens (tertiary/aromatic N) is 5. The molecule has 53 heavy (non-hydrogen) atoms. The number of halogens is 2. The standard InChI is InChI=1S/C43H41Cl2N5O2Si/c1-43(2,3)53(35-12-6-4-7-13-35,36-14-8-5-9-15-36)52-34-18-17-32-11-10-16-41(37(32)25-34)50-22-21-48(29-42(50)51)20-19-33-27-47-30-49(33)28-31-23-39(44)38(26-46)40(45)24-31/h4-18,23-25,27,30H,19-22,28-29H2,1-3H3. The van der Waals surface area contributed by atoms with E-state index in [0.717, 1.165) is 46.4 Å². The first-order chi connectivity index (χ1) is 25.6. The van der Waals surface area contributed by atoms with Gasteiger partial charge in [-0.05, 0) is 56.7 Å². The SMILES string of the molecule is CC(C)(C)[Si](Oc1ccc2cccc(N3CCN(CCc4cncn4Cc4cc(Cl)c(C#N)c(Cl)c4)CC3=O)c2c1)(c1ccccc1)c1ccccc1. The minimum atomic E-state index is -2.84. The molecule has 7 nitrogen and oxygen atoms in total. The van der Waals surface area contributed by atoms with Crippen molar-refractivity contribution >= 4 is 64.3 Å². The van der Waals surface area contributed by atoms with Crippen molar-refractivity contribution in [2.75, 3.05) is 31.1 Å². The maximum atomic E-state index is 13.8. The van der Waals surface area contributed by atoms with Gasteiger partial charge in [0.15, 0.2) is 0 Å². The van der Waals surface area contributed by atoms with Crippen LogP contribution >= 0.6 is 23.2 Å². The second-order valence-corrected chi connectivity index (χ2v) is 19.6. The van der Waals surface area contributed by atoms with Gasteiger partial charge in [0.25, 0.3) is 0 Å². The fourth-order valence-electron chi connectivity index (χ4n) is 7.52. The zero-order valence-corrected chi connectivity index (χ0v) is 32.6. The third kappa shape index (κ3) is 7.35. The van der Waals surface area contributed by atoms with Crippen LogP contribution in [0.3, 0.4) is 0 Å². The van der Waals surface area contributed by atoms with E-state index >= 15 is 0 Å². The Labute approximate surface area is 322 Å². The van der Waals surface area contributed by atoms with E-state index in [-0.39, 0.29) is 16.5 Å². The summed E-state index contributed by atoms with van der Waals surface area (Å²) in [4.78, 5) is 22.3. The molecule has 0 N–H and O–H groups in total. The molecule has 1 aliphatic heterocycles. The predicted octanol–water partition coefficient (Wildman–Crippen LogP) is 8.09. The summed E-state index contributed by atoms with van der Waals surface area (Å²) in [6.45, 7) is 9.72. The average Bonchev–Trinajstić information content (AvgIpc) is 3.59. The van der Waals surface area contributed by atoms with Crippen molar-refractivity contribution in [2.45, 2.75) is 38.8 Å². The fraction of sp³-hybridized carbons (Fsp3) is 0.233. The summed E-state index contributed by atoms with van der Waals surface area (Å²) >= 11 is 12.6. The van der Waals surface area contributed by atoms with Crippen molar-refractivity contribution < 1.29 is 9.22 Å². The molecule has 1 amide bonds. The zero-order valence-electron chi connectivity index (χ0n) is 30.1. The highest BCUT2D eigenvalue weighted by molar-refractivity contribution is 7.00. The highest BCUT2D eigenvalue weighted by Crippen LogP contribution is 2.39. The van der Waals surface area contributed by atoms with Crippen LogP contribution < -0.4 is 19.7 Å². The van der Waals surface area contributed by atoms with Crippen LogP contribution in [0.25, 0.3) is 10.8 Å². The van der Waals surface area contributed by atoms with Crippen LogP contribution in [0.1, 0.15) is 37.6 Å². The molecular weight excluding hydrogens is 717 g/mol. The number of anilines is 1. The van der Waals surface area contributed by atoms with Crippen molar-refractivity contribution in [3.63, 3.8) is 0 Å². The first kappa shape index (κ1) is 36.4. The first-order valence-corrected chi connectivity index (χ1v) is 20.5. The Hall–Kier alpha value is -4.91. The van der Waals surface area contributed by atoms with Crippen molar-refractivity contribution in [3.05, 3.63) is 149 Å². The molecule has 0 spiro atoms. The number of fused-ring (bicyclic) bond motifs is 1. The highest BCUT2D eigenvalue weighted by atomic mass is 35.5. The van der Waals surface area contributed by atoms with Crippen molar-refractivity contribution in [3.8, 4) is 11.8 Å². The van der Waals surface area contributed by atoms with E-state index in [1.165, 1.54) is 10.4 Å². The molecule has 0 radical (unpaired) electrons. The van der Waals surface area contributed by atoms with E-state index < -0.39 is 8.32 Å². The third-order valence-electron chi connectivity index (χ3n) is 10.2. The highest BCUT2D eigenvalue weighted by Gasteiger charge is 2.52. The van der Waals surface area contributed by atoms with Crippen LogP contribution in [-0.2, 0) is 17.8 Å². The van der Waals surface area contributed by atoms with Gasteiger partial charge < -0.3 is 13.9 Å². The molecule has 268 valence electrons. The molecule has 0 saturated carbocycles. The van der Waals surface area contributed by atoms with Crippen LogP contribution in [0.4, 0.5) is 5.69 Å². The van der Waals surface area contributed by atoms with E-state index in [4.69, 9.17) is 27.6 Å². The molecule has 0 aliphatic carbocycles. The molecular formula is C43H41Cl2N5O2Si. The summed E-state index contributed by atoms with van der Waals surface area (Å²) < 4.78 is 9.41. The molecule has 6 aromatic rings. The van der Waals surface area contributed by atoms with Gasteiger partial charge in [-0.1, -0.05) is 123 Å². The van der Waals surface area contributed by atoms with E-state index in [1.54, 1.807) is 18.5 Å². The number of hydrogen-bond acceptors (Lipinski definition) is 5. The van der Waals surface area contributed by atoms with Gasteiger partial charge in [-0.25, -0.2) is 4.98 Å². The summed E-state index contributed by atoms with van der Waals surface area (Å²) in [7, 11) is -2.84. The van der Waals surface area contributed by atoms with Crippen molar-refractivity contribution in [2.24, 2.45) is 0 Å². The van der Waals surface area contributed by atoms with Crippen molar-refractivity contribution in [1.82, 2.24) is 14.5 Å². The van der Waals surface area contributed by atoms with E-state index in [0.29, 0.717) is 36.2 Å². The smallest absolute Gasteiger partial charge is 0.319 e. The molecule has 7 rings (SSSR count). The number of piperazine rings is 1. The number of carbonyl (C=O) groups excluding carboxylic acids is 1. The summed E-state index contributed by atoms with van der Waals surface area (Å²) in [5.41, 5.74) is 3.11. The van der Waals surface area contributed by atoms with Gasteiger partial charge in [0.1, 0.15) is 11.8 Å². The van der Waals surface area contributed by atoms with E-state index in [1.807, 2.05) is 29.3 Å². The Morgan fingerprint density at radius 1 is 0.868 bits per heavy atom. The number of nitriles is 1. The lowest BCUT2D eigenvalue weighted by molar-refractivity contribution is -0.121. The molecule has 2 heterocycles. The average molecular weight is 759 g/mol. The molecule has 5 aromatic carbocycles. The maximum Gasteiger partial charge on any atom is 0.319 e. The van der Waals surface area contributed by atoms with Crippen LogP contribution in [0.5, 0.6) is 5.75 Å². The van der Waals surface area contributed by atoms with Gasteiger partial charge in [0.05, 0.1) is 34.2 Å². The Bertz CT molecular complexity index is 2240. The van der Waals surface area contributed by atoms with Gasteiger partial charge in [0.2, 0.25) is 5.91 Å². The summed E-state index contributed by atoms with van der Waals surface area (Å²) in [6, 6.07) is 39.3. The van der Waals surface area contributed by atoms with Crippen LogP contribution in [0.2, 0.25) is 15.1 Å². The Balaban J connectivity index is 1.10. The number of aromatic nitrogens is 2. The van der Waals surface area contributed by atoms with Crippen LogP contribution in [0.15, 0.2) is 122 Å². The normalized spacial score (nSPS) is 14.0. The lowest BCUT2D eigenvalue weighted by atomic mass is 10.1. The number of benzene rings is 5. The second kappa shape index (κ2) is 15.2. The van der Waals surface area contributed by atoms with Gasteiger partial charge in [-0.15, -0.1) is 0 Å². The van der Waals surface area contributed by atoms with Gasteiger partial charge in [-0.3, -0.25) is 9.69 Å². The fourth-order valence-corrected chi connectivity index (χ4v) is 12.5. The second-order valence-electron chi connectivity index (χ2n) is 14.6.